The molecular weight excluding hydrogens is 309 g/mol. The summed E-state index contributed by atoms with van der Waals surface area (Å²) < 4.78 is 19.9. The van der Waals surface area contributed by atoms with Crippen LogP contribution in [-0.4, -0.2) is 4.98 Å². The Balaban J connectivity index is 2.19. The van der Waals surface area contributed by atoms with Crippen molar-refractivity contribution in [3.05, 3.63) is 56.9 Å². The van der Waals surface area contributed by atoms with E-state index >= 15 is 0 Å². The first-order valence-corrected chi connectivity index (χ1v) is 6.77. The number of hydrogen-bond acceptors (Lipinski definition) is 2. The van der Waals surface area contributed by atoms with Crippen LogP contribution in [0.2, 0.25) is 0 Å². The molecule has 0 saturated heterocycles. The summed E-state index contributed by atoms with van der Waals surface area (Å²) >= 11 is 3.36. The third-order valence-corrected chi connectivity index (χ3v) is 3.44. The van der Waals surface area contributed by atoms with Crippen LogP contribution >= 0.6 is 15.9 Å². The van der Waals surface area contributed by atoms with Crippen molar-refractivity contribution in [2.75, 3.05) is 0 Å². The van der Waals surface area contributed by atoms with Gasteiger partial charge in [-0.3, -0.25) is 0 Å². The third kappa shape index (κ3) is 3.32. The van der Waals surface area contributed by atoms with E-state index in [-0.39, 0.29) is 5.82 Å². The van der Waals surface area contributed by atoms with Gasteiger partial charge in [-0.25, -0.2) is 9.37 Å². The predicted molar refractivity (Wildman–Crippen MR) is 76.9 cm³/mol. The molecule has 0 spiro atoms. The number of aromatic nitrogens is 1. The molecule has 0 radical (unpaired) electrons. The lowest BCUT2D eigenvalue weighted by molar-refractivity contribution is 0.290. The maximum atomic E-state index is 13.2. The molecule has 1 aromatic heterocycles. The number of ether oxygens (including phenoxy) is 1. The Morgan fingerprint density at radius 3 is 2.32 bits per heavy atom. The van der Waals surface area contributed by atoms with Crippen molar-refractivity contribution in [2.45, 2.75) is 27.4 Å². The second-order valence-electron chi connectivity index (χ2n) is 4.58. The standard InChI is InChI=1S/C15H15BrFNO/c1-9-5-13(17)6-10(2)14(9)8-19-15-11(3)4-12(16)7-18-15/h4-7H,8H2,1-3H3. The smallest absolute Gasteiger partial charge is 0.216 e. The Bertz CT molecular complexity index is 590. The molecule has 0 unspecified atom stereocenters. The molecule has 0 aliphatic carbocycles. The molecule has 2 aromatic rings. The molecule has 1 heterocycles. The van der Waals surface area contributed by atoms with Crippen LogP contribution in [0.1, 0.15) is 22.3 Å². The van der Waals surface area contributed by atoms with Crippen molar-refractivity contribution in [1.29, 1.82) is 0 Å². The monoisotopic (exact) mass is 323 g/mol. The van der Waals surface area contributed by atoms with Gasteiger partial charge in [0, 0.05) is 16.2 Å². The fraction of sp³-hybridized carbons (Fsp3) is 0.267. The average Bonchev–Trinajstić information content (AvgIpc) is 2.30. The highest BCUT2D eigenvalue weighted by molar-refractivity contribution is 9.10. The van der Waals surface area contributed by atoms with Crippen molar-refractivity contribution >= 4 is 15.9 Å². The molecule has 2 nitrogen and oxygen atoms in total. The lowest BCUT2D eigenvalue weighted by Gasteiger charge is -2.12. The van der Waals surface area contributed by atoms with Gasteiger partial charge in [0.1, 0.15) is 12.4 Å². The zero-order chi connectivity index (χ0) is 14.0. The lowest BCUT2D eigenvalue weighted by atomic mass is 10.0. The summed E-state index contributed by atoms with van der Waals surface area (Å²) in [6.07, 6.45) is 1.70. The van der Waals surface area contributed by atoms with Gasteiger partial charge in [0.15, 0.2) is 0 Å². The molecule has 0 amide bonds. The number of benzene rings is 1. The highest BCUT2D eigenvalue weighted by atomic mass is 79.9. The normalized spacial score (nSPS) is 10.6. The number of rotatable bonds is 3. The maximum Gasteiger partial charge on any atom is 0.216 e. The van der Waals surface area contributed by atoms with Crippen molar-refractivity contribution in [2.24, 2.45) is 0 Å². The highest BCUT2D eigenvalue weighted by Crippen LogP contribution is 2.22. The van der Waals surface area contributed by atoms with Crippen molar-refractivity contribution in [3.8, 4) is 5.88 Å². The van der Waals surface area contributed by atoms with Crippen LogP contribution < -0.4 is 4.74 Å². The molecule has 0 bridgehead atoms. The van der Waals surface area contributed by atoms with Gasteiger partial charge < -0.3 is 4.74 Å². The zero-order valence-electron chi connectivity index (χ0n) is 11.1. The summed E-state index contributed by atoms with van der Waals surface area (Å²) in [6, 6.07) is 4.99. The van der Waals surface area contributed by atoms with E-state index in [1.807, 2.05) is 26.8 Å². The van der Waals surface area contributed by atoms with Crippen molar-refractivity contribution in [1.82, 2.24) is 4.98 Å². The van der Waals surface area contributed by atoms with Crippen LogP contribution in [0.25, 0.3) is 0 Å². The van der Waals surface area contributed by atoms with Crippen LogP contribution in [0.4, 0.5) is 4.39 Å². The summed E-state index contributed by atoms with van der Waals surface area (Å²) in [4.78, 5) is 4.23. The minimum Gasteiger partial charge on any atom is -0.473 e. The maximum absolute atomic E-state index is 13.2. The SMILES string of the molecule is Cc1cc(Br)cnc1OCc1c(C)cc(F)cc1C. The van der Waals surface area contributed by atoms with Crippen LogP contribution in [0, 0.1) is 26.6 Å². The number of hydrogen-bond donors (Lipinski definition) is 0. The minimum absolute atomic E-state index is 0.211. The Morgan fingerprint density at radius 1 is 1.11 bits per heavy atom. The van der Waals surface area contributed by atoms with E-state index in [2.05, 4.69) is 20.9 Å². The summed E-state index contributed by atoms with van der Waals surface area (Å²) in [5.41, 5.74) is 3.76. The van der Waals surface area contributed by atoms with Crippen molar-refractivity contribution in [3.63, 3.8) is 0 Å². The Kier molecular flexibility index (Phi) is 4.20. The molecule has 2 rings (SSSR count). The first kappa shape index (κ1) is 14.0. The summed E-state index contributed by atoms with van der Waals surface area (Å²) in [6.45, 7) is 6.11. The number of halogens is 2. The van der Waals surface area contributed by atoms with Gasteiger partial charge in [0.05, 0.1) is 0 Å². The fourth-order valence-electron chi connectivity index (χ4n) is 1.99. The predicted octanol–water partition coefficient (Wildman–Crippen LogP) is 4.49. The van der Waals surface area contributed by atoms with E-state index in [1.54, 1.807) is 6.20 Å². The molecule has 0 fully saturated rings. The molecule has 100 valence electrons. The van der Waals surface area contributed by atoms with Crippen molar-refractivity contribution < 1.29 is 9.13 Å². The third-order valence-electron chi connectivity index (χ3n) is 3.01. The van der Waals surface area contributed by atoms with Gasteiger partial charge >= 0.3 is 0 Å². The Labute approximate surface area is 120 Å². The zero-order valence-corrected chi connectivity index (χ0v) is 12.7. The fourth-order valence-corrected chi connectivity index (χ4v) is 2.43. The van der Waals surface area contributed by atoms with E-state index in [1.165, 1.54) is 12.1 Å². The van der Waals surface area contributed by atoms with Gasteiger partial charge in [-0.15, -0.1) is 0 Å². The quantitative estimate of drug-likeness (QED) is 0.830. The summed E-state index contributed by atoms with van der Waals surface area (Å²) in [7, 11) is 0. The minimum atomic E-state index is -0.211. The molecule has 4 heteroatoms. The van der Waals surface area contributed by atoms with Gasteiger partial charge in [0.25, 0.3) is 0 Å². The first-order chi connectivity index (χ1) is 8.97. The second kappa shape index (κ2) is 5.70. The van der Waals surface area contributed by atoms with Gasteiger partial charge in [0.2, 0.25) is 5.88 Å². The van der Waals surface area contributed by atoms with E-state index in [0.29, 0.717) is 12.5 Å². The molecule has 0 aliphatic heterocycles. The van der Waals surface area contributed by atoms with Crippen LogP contribution in [-0.2, 0) is 6.61 Å². The molecule has 0 atom stereocenters. The summed E-state index contributed by atoms with van der Waals surface area (Å²) in [5, 5.41) is 0. The van der Waals surface area contributed by atoms with Crippen LogP contribution in [0.3, 0.4) is 0 Å². The first-order valence-electron chi connectivity index (χ1n) is 5.98. The van der Waals surface area contributed by atoms with E-state index in [0.717, 1.165) is 26.7 Å². The molecule has 0 saturated carbocycles. The van der Waals surface area contributed by atoms with Crippen LogP contribution in [0.15, 0.2) is 28.9 Å². The molecule has 0 N–H and O–H groups in total. The van der Waals surface area contributed by atoms with E-state index < -0.39 is 0 Å². The number of pyridine rings is 1. The van der Waals surface area contributed by atoms with Gasteiger partial charge in [-0.05, 0) is 71.6 Å². The molecular formula is C15H15BrFNO. The molecule has 0 aliphatic rings. The topological polar surface area (TPSA) is 22.1 Å². The largest absolute Gasteiger partial charge is 0.473 e. The van der Waals surface area contributed by atoms with E-state index in [4.69, 9.17) is 4.74 Å². The van der Waals surface area contributed by atoms with Gasteiger partial charge in [-0.2, -0.15) is 0 Å². The Morgan fingerprint density at radius 2 is 1.74 bits per heavy atom. The van der Waals surface area contributed by atoms with E-state index in [9.17, 15) is 4.39 Å². The average molecular weight is 324 g/mol. The highest BCUT2D eigenvalue weighted by Gasteiger charge is 2.08. The molecule has 1 aromatic carbocycles. The van der Waals surface area contributed by atoms with Crippen LogP contribution in [0.5, 0.6) is 5.88 Å². The number of aryl methyl sites for hydroxylation is 3. The summed E-state index contributed by atoms with van der Waals surface area (Å²) in [5.74, 6) is 0.392. The number of nitrogens with zero attached hydrogens (tertiary/aromatic N) is 1. The van der Waals surface area contributed by atoms with Gasteiger partial charge in [-0.1, -0.05) is 0 Å². The lowest BCUT2D eigenvalue weighted by Crippen LogP contribution is -2.03. The Hall–Kier alpha value is -1.42. The molecule has 19 heavy (non-hydrogen) atoms. The second-order valence-corrected chi connectivity index (χ2v) is 5.50.